The molecule has 0 saturated heterocycles. The SMILES string of the molecule is COc1ccccc1NC(=O)CSc1nc(-c2ccc(C)cc2)cc(-c2ccc(Cl)cc2)c1C#N. The number of pyridine rings is 1. The van der Waals surface area contributed by atoms with Crippen molar-refractivity contribution in [2.24, 2.45) is 0 Å². The summed E-state index contributed by atoms with van der Waals surface area (Å²) in [4.78, 5) is 17.5. The Morgan fingerprint density at radius 1 is 1.06 bits per heavy atom. The number of nitrogens with zero attached hydrogens (tertiary/aromatic N) is 2. The highest BCUT2D eigenvalue weighted by Gasteiger charge is 2.17. The van der Waals surface area contributed by atoms with Crippen molar-refractivity contribution in [2.75, 3.05) is 18.2 Å². The third kappa shape index (κ3) is 5.83. The molecule has 0 fully saturated rings. The molecule has 0 aliphatic carbocycles. The van der Waals surface area contributed by atoms with Gasteiger partial charge in [0.2, 0.25) is 5.91 Å². The molecular weight excluding hydrogens is 478 g/mol. The molecule has 174 valence electrons. The van der Waals surface area contributed by atoms with Crippen molar-refractivity contribution in [1.29, 1.82) is 5.26 Å². The first-order chi connectivity index (χ1) is 17.0. The van der Waals surface area contributed by atoms with Gasteiger partial charge >= 0.3 is 0 Å². The van der Waals surface area contributed by atoms with E-state index in [0.29, 0.717) is 27.0 Å². The maximum absolute atomic E-state index is 12.7. The molecule has 7 heteroatoms. The number of amides is 1. The summed E-state index contributed by atoms with van der Waals surface area (Å²) in [5.41, 5.74) is 5.38. The molecule has 35 heavy (non-hydrogen) atoms. The number of nitriles is 1. The minimum Gasteiger partial charge on any atom is -0.495 e. The molecule has 4 aromatic rings. The van der Waals surface area contributed by atoms with E-state index in [1.807, 2.05) is 61.5 Å². The molecule has 5 nitrogen and oxygen atoms in total. The van der Waals surface area contributed by atoms with Gasteiger partial charge in [0.25, 0.3) is 0 Å². The molecular formula is C28H22ClN3O2S. The summed E-state index contributed by atoms with van der Waals surface area (Å²) in [6, 6.07) is 26.8. The lowest BCUT2D eigenvalue weighted by Gasteiger charge is -2.13. The summed E-state index contributed by atoms with van der Waals surface area (Å²) in [6.07, 6.45) is 0. The van der Waals surface area contributed by atoms with E-state index in [4.69, 9.17) is 21.3 Å². The largest absolute Gasteiger partial charge is 0.495 e. The fraction of sp³-hybridized carbons (Fsp3) is 0.107. The molecule has 0 radical (unpaired) electrons. The van der Waals surface area contributed by atoms with Gasteiger partial charge in [-0.2, -0.15) is 5.26 Å². The van der Waals surface area contributed by atoms with E-state index < -0.39 is 0 Å². The van der Waals surface area contributed by atoms with Crippen LogP contribution < -0.4 is 10.1 Å². The van der Waals surface area contributed by atoms with E-state index in [9.17, 15) is 10.1 Å². The quantitative estimate of drug-likeness (QED) is 0.277. The predicted molar refractivity (Wildman–Crippen MR) is 142 cm³/mol. The first-order valence-corrected chi connectivity index (χ1v) is 12.2. The fourth-order valence-electron chi connectivity index (χ4n) is 3.53. The molecule has 3 aromatic carbocycles. The Labute approximate surface area is 213 Å². The average Bonchev–Trinajstić information content (AvgIpc) is 2.88. The number of carbonyl (C=O) groups is 1. The Morgan fingerprint density at radius 2 is 1.74 bits per heavy atom. The van der Waals surface area contributed by atoms with Crippen molar-refractivity contribution < 1.29 is 9.53 Å². The van der Waals surface area contributed by atoms with Gasteiger partial charge in [-0.1, -0.05) is 77.5 Å². The molecule has 0 aliphatic rings. The van der Waals surface area contributed by atoms with Crippen molar-refractivity contribution in [3.63, 3.8) is 0 Å². The zero-order chi connectivity index (χ0) is 24.8. The number of thioether (sulfide) groups is 1. The monoisotopic (exact) mass is 499 g/mol. The number of aryl methyl sites for hydroxylation is 1. The molecule has 1 aromatic heterocycles. The van der Waals surface area contributed by atoms with Crippen LogP contribution in [0.4, 0.5) is 5.69 Å². The summed E-state index contributed by atoms with van der Waals surface area (Å²) in [6.45, 7) is 2.02. The summed E-state index contributed by atoms with van der Waals surface area (Å²) in [5.74, 6) is 0.434. The molecule has 0 atom stereocenters. The lowest BCUT2D eigenvalue weighted by Crippen LogP contribution is -2.15. The Bertz CT molecular complexity index is 1400. The first kappa shape index (κ1) is 24.3. The van der Waals surface area contributed by atoms with Crippen LogP contribution in [-0.4, -0.2) is 23.8 Å². The van der Waals surface area contributed by atoms with Gasteiger partial charge in [0.15, 0.2) is 0 Å². The molecule has 4 rings (SSSR count). The smallest absolute Gasteiger partial charge is 0.234 e. The average molecular weight is 500 g/mol. The molecule has 0 bridgehead atoms. The number of aromatic nitrogens is 1. The van der Waals surface area contributed by atoms with Crippen LogP contribution in [0.2, 0.25) is 5.02 Å². The lowest BCUT2D eigenvalue weighted by atomic mass is 9.99. The number of hydrogen-bond donors (Lipinski definition) is 1. The highest BCUT2D eigenvalue weighted by molar-refractivity contribution is 8.00. The minimum absolute atomic E-state index is 0.0805. The molecule has 1 amide bonds. The summed E-state index contributed by atoms with van der Waals surface area (Å²) in [5, 5.41) is 14.0. The van der Waals surface area contributed by atoms with Gasteiger partial charge in [-0.25, -0.2) is 4.98 Å². The van der Waals surface area contributed by atoms with Gasteiger partial charge in [-0.15, -0.1) is 0 Å². The summed E-state index contributed by atoms with van der Waals surface area (Å²) >= 11 is 7.31. The number of hydrogen-bond acceptors (Lipinski definition) is 5. The Morgan fingerprint density at radius 3 is 2.43 bits per heavy atom. The van der Waals surface area contributed by atoms with Gasteiger partial charge in [0.1, 0.15) is 16.8 Å². The second-order valence-corrected chi connectivity index (χ2v) is 9.16. The molecule has 0 saturated carbocycles. The molecule has 0 spiro atoms. The fourth-order valence-corrected chi connectivity index (χ4v) is 4.46. The maximum Gasteiger partial charge on any atom is 0.234 e. The second-order valence-electron chi connectivity index (χ2n) is 7.76. The number of nitrogens with one attached hydrogen (secondary N) is 1. The third-order valence-corrected chi connectivity index (χ3v) is 6.55. The number of benzene rings is 3. The van der Waals surface area contributed by atoms with E-state index in [2.05, 4.69) is 11.4 Å². The van der Waals surface area contributed by atoms with Crippen LogP contribution in [0.15, 0.2) is 83.9 Å². The number of ether oxygens (including phenoxy) is 1. The lowest BCUT2D eigenvalue weighted by molar-refractivity contribution is -0.113. The van der Waals surface area contributed by atoms with Crippen molar-refractivity contribution in [3.05, 3.63) is 95.0 Å². The number of anilines is 1. The van der Waals surface area contributed by atoms with Crippen molar-refractivity contribution in [2.45, 2.75) is 11.9 Å². The van der Waals surface area contributed by atoms with E-state index in [1.165, 1.54) is 11.8 Å². The molecule has 1 heterocycles. The normalized spacial score (nSPS) is 10.5. The van der Waals surface area contributed by atoms with Crippen LogP contribution in [-0.2, 0) is 4.79 Å². The first-order valence-electron chi connectivity index (χ1n) is 10.8. The van der Waals surface area contributed by atoms with E-state index in [-0.39, 0.29) is 11.7 Å². The van der Waals surface area contributed by atoms with Crippen LogP contribution in [0.3, 0.4) is 0 Å². The number of methoxy groups -OCH3 is 1. The van der Waals surface area contributed by atoms with Crippen LogP contribution in [0, 0.1) is 18.3 Å². The van der Waals surface area contributed by atoms with Crippen LogP contribution in [0.25, 0.3) is 22.4 Å². The van der Waals surface area contributed by atoms with Gasteiger partial charge in [-0.3, -0.25) is 4.79 Å². The van der Waals surface area contributed by atoms with Gasteiger partial charge in [0, 0.05) is 16.1 Å². The van der Waals surface area contributed by atoms with Crippen molar-refractivity contribution in [3.8, 4) is 34.2 Å². The third-order valence-electron chi connectivity index (χ3n) is 5.32. The highest BCUT2D eigenvalue weighted by atomic mass is 35.5. The second kappa shape index (κ2) is 11.1. The minimum atomic E-state index is -0.223. The topological polar surface area (TPSA) is 75.0 Å². The van der Waals surface area contributed by atoms with Crippen LogP contribution in [0.5, 0.6) is 5.75 Å². The van der Waals surface area contributed by atoms with E-state index >= 15 is 0 Å². The predicted octanol–water partition coefficient (Wildman–Crippen LogP) is 6.99. The number of halogens is 1. The van der Waals surface area contributed by atoms with Gasteiger partial charge < -0.3 is 10.1 Å². The highest BCUT2D eigenvalue weighted by Crippen LogP contribution is 2.35. The van der Waals surface area contributed by atoms with Crippen LogP contribution >= 0.6 is 23.4 Å². The van der Waals surface area contributed by atoms with Crippen molar-refractivity contribution >= 4 is 35.0 Å². The molecule has 0 aliphatic heterocycles. The number of para-hydroxylation sites is 2. The number of carbonyl (C=O) groups excluding carboxylic acids is 1. The maximum atomic E-state index is 12.7. The molecule has 1 N–H and O–H groups in total. The zero-order valence-corrected chi connectivity index (χ0v) is 20.8. The number of rotatable bonds is 7. The Hall–Kier alpha value is -3.79. The van der Waals surface area contributed by atoms with Gasteiger partial charge in [-0.05, 0) is 42.8 Å². The summed E-state index contributed by atoms with van der Waals surface area (Å²) in [7, 11) is 1.55. The van der Waals surface area contributed by atoms with Crippen LogP contribution in [0.1, 0.15) is 11.1 Å². The Kier molecular flexibility index (Phi) is 7.71. The van der Waals surface area contributed by atoms with Gasteiger partial charge in [0.05, 0.1) is 29.8 Å². The molecule has 0 unspecified atom stereocenters. The standard InChI is InChI=1S/C28H22ClN3O2S/c1-18-7-9-20(10-8-18)25-15-22(19-11-13-21(29)14-12-19)23(16-30)28(32-25)35-17-27(33)31-24-5-3-4-6-26(24)34-2/h3-15H,17H2,1-2H3,(H,31,33). The summed E-state index contributed by atoms with van der Waals surface area (Å²) < 4.78 is 5.31. The van der Waals surface area contributed by atoms with Crippen molar-refractivity contribution in [1.82, 2.24) is 4.98 Å². The Balaban J connectivity index is 1.69. The van der Waals surface area contributed by atoms with E-state index in [0.717, 1.165) is 27.9 Å². The zero-order valence-electron chi connectivity index (χ0n) is 19.2. The van der Waals surface area contributed by atoms with E-state index in [1.54, 1.807) is 31.4 Å².